The molecular weight excluding hydrogens is 554 g/mol. The van der Waals surface area contributed by atoms with Gasteiger partial charge in [-0.3, -0.25) is 4.79 Å². The molecule has 0 aliphatic carbocycles. The Kier molecular flexibility index (Phi) is 35.9. The molecule has 1 amide bonds. The molecule has 0 aliphatic heterocycles. The Labute approximate surface area is 281 Å². The van der Waals surface area contributed by atoms with E-state index in [0.29, 0.717) is 6.42 Å². The van der Waals surface area contributed by atoms with Gasteiger partial charge in [-0.25, -0.2) is 0 Å². The first kappa shape index (κ1) is 43.6. The first-order valence-corrected chi connectivity index (χ1v) is 19.7. The van der Waals surface area contributed by atoms with E-state index in [1.807, 2.05) is 6.08 Å². The third-order valence-corrected chi connectivity index (χ3v) is 8.83. The first-order valence-electron chi connectivity index (χ1n) is 19.7. The fourth-order valence-corrected chi connectivity index (χ4v) is 5.78. The Bertz CT molecular complexity index is 686. The second kappa shape index (κ2) is 37.1. The number of nitrogens with one attached hydrogen (secondary N) is 1. The summed E-state index contributed by atoms with van der Waals surface area (Å²) < 4.78 is 0. The lowest BCUT2D eigenvalue weighted by Crippen LogP contribution is -2.45. The first-order chi connectivity index (χ1) is 22.2. The molecule has 0 rings (SSSR count). The molecule has 0 saturated heterocycles. The maximum Gasteiger partial charge on any atom is 0.220 e. The maximum atomic E-state index is 12.3. The van der Waals surface area contributed by atoms with Gasteiger partial charge in [0.05, 0.1) is 18.8 Å². The Morgan fingerprint density at radius 2 is 0.911 bits per heavy atom. The van der Waals surface area contributed by atoms with Crippen LogP contribution < -0.4 is 5.32 Å². The third-order valence-electron chi connectivity index (χ3n) is 8.83. The molecule has 0 aliphatic rings. The van der Waals surface area contributed by atoms with Crippen LogP contribution in [0.3, 0.4) is 0 Å². The van der Waals surface area contributed by atoms with E-state index in [-0.39, 0.29) is 12.5 Å². The van der Waals surface area contributed by atoms with E-state index in [9.17, 15) is 15.0 Å². The molecule has 0 heterocycles. The Hall–Kier alpha value is -1.39. The van der Waals surface area contributed by atoms with Crippen LogP contribution in [0.25, 0.3) is 0 Å². The summed E-state index contributed by atoms with van der Waals surface area (Å²) in [4.78, 5) is 12.3. The Balaban J connectivity index is 3.59. The Morgan fingerprint density at radius 3 is 1.38 bits per heavy atom. The average Bonchev–Trinajstić information content (AvgIpc) is 3.04. The number of amides is 1. The van der Waals surface area contributed by atoms with Crippen molar-refractivity contribution in [3.8, 4) is 0 Å². The smallest absolute Gasteiger partial charge is 0.220 e. The topological polar surface area (TPSA) is 69.6 Å². The summed E-state index contributed by atoms with van der Waals surface area (Å²) >= 11 is 0. The van der Waals surface area contributed by atoms with Gasteiger partial charge in [-0.1, -0.05) is 179 Å². The van der Waals surface area contributed by atoms with Gasteiger partial charge in [0.25, 0.3) is 0 Å². The molecular formula is C41H77NO3. The van der Waals surface area contributed by atoms with Crippen molar-refractivity contribution in [1.29, 1.82) is 0 Å². The highest BCUT2D eigenvalue weighted by Crippen LogP contribution is 2.15. The second-order valence-corrected chi connectivity index (χ2v) is 13.3. The van der Waals surface area contributed by atoms with Crippen molar-refractivity contribution >= 4 is 5.91 Å². The lowest BCUT2D eigenvalue weighted by molar-refractivity contribution is -0.123. The number of unbranched alkanes of at least 4 members (excludes halogenated alkanes) is 24. The van der Waals surface area contributed by atoms with Gasteiger partial charge in [-0.15, -0.1) is 0 Å². The van der Waals surface area contributed by atoms with Crippen molar-refractivity contribution in [2.24, 2.45) is 0 Å². The molecule has 0 aromatic rings. The number of aliphatic hydroxyl groups excluding tert-OH is 2. The summed E-state index contributed by atoms with van der Waals surface area (Å²) in [6, 6.07) is -0.640. The molecule has 0 radical (unpaired) electrons. The second-order valence-electron chi connectivity index (χ2n) is 13.3. The zero-order valence-electron chi connectivity index (χ0n) is 30.1. The quantitative estimate of drug-likeness (QED) is 0.0481. The maximum absolute atomic E-state index is 12.3. The molecule has 0 bridgehead atoms. The van der Waals surface area contributed by atoms with E-state index in [4.69, 9.17) is 0 Å². The zero-order valence-corrected chi connectivity index (χ0v) is 30.1. The molecule has 0 fully saturated rings. The van der Waals surface area contributed by atoms with Crippen LogP contribution in [0.1, 0.15) is 200 Å². The number of rotatable bonds is 35. The van der Waals surface area contributed by atoms with Gasteiger partial charge >= 0.3 is 0 Å². The number of hydrogen-bond donors (Lipinski definition) is 3. The minimum atomic E-state index is -0.862. The summed E-state index contributed by atoms with van der Waals surface area (Å²) in [5, 5.41) is 22.8. The van der Waals surface area contributed by atoms with E-state index in [1.165, 1.54) is 135 Å². The number of hydrogen-bond acceptors (Lipinski definition) is 3. The van der Waals surface area contributed by atoms with Gasteiger partial charge in [0, 0.05) is 6.42 Å². The van der Waals surface area contributed by atoms with E-state index < -0.39 is 12.1 Å². The minimum Gasteiger partial charge on any atom is -0.394 e. The van der Waals surface area contributed by atoms with Crippen molar-refractivity contribution in [1.82, 2.24) is 5.32 Å². The molecule has 264 valence electrons. The standard InChI is InChI=1S/C41H77NO3/c1-3-5-7-9-11-13-15-16-17-18-19-20-21-22-23-24-25-26-27-28-30-32-34-36-40(44)39(38-43)42-41(45)37-35-33-31-29-14-12-10-8-6-4-2/h8,10,27-28,34,36,39-40,43-44H,3-7,9,11-26,29-33,35,37-38H2,1-2H3,(H,42,45)/b10-8-,28-27+,36-34+. The van der Waals surface area contributed by atoms with E-state index in [2.05, 4.69) is 43.5 Å². The summed E-state index contributed by atoms with van der Waals surface area (Å²) in [7, 11) is 0. The van der Waals surface area contributed by atoms with Crippen LogP contribution in [0.2, 0.25) is 0 Å². The Morgan fingerprint density at radius 1 is 0.511 bits per heavy atom. The van der Waals surface area contributed by atoms with Crippen LogP contribution >= 0.6 is 0 Å². The minimum absolute atomic E-state index is 0.0868. The highest BCUT2D eigenvalue weighted by atomic mass is 16.3. The van der Waals surface area contributed by atoms with Crippen LogP contribution in [0.4, 0.5) is 0 Å². The monoisotopic (exact) mass is 632 g/mol. The molecule has 2 unspecified atom stereocenters. The summed E-state index contributed by atoms with van der Waals surface area (Å²) in [6.07, 6.45) is 48.2. The van der Waals surface area contributed by atoms with Crippen LogP contribution in [-0.4, -0.2) is 34.9 Å². The molecule has 4 nitrogen and oxygen atoms in total. The third kappa shape index (κ3) is 33.8. The largest absolute Gasteiger partial charge is 0.394 e. The molecule has 0 saturated carbocycles. The molecule has 0 aromatic heterocycles. The molecule has 0 aromatic carbocycles. The number of carbonyl (C=O) groups is 1. The number of carbonyl (C=O) groups excluding carboxylic acids is 1. The number of allylic oxidation sites excluding steroid dienone is 5. The van der Waals surface area contributed by atoms with Gasteiger partial charge in [-0.2, -0.15) is 0 Å². The predicted molar refractivity (Wildman–Crippen MR) is 198 cm³/mol. The lowest BCUT2D eigenvalue weighted by atomic mass is 10.0. The SMILES string of the molecule is CCC/C=C\CCCCCCCC(=O)NC(CO)C(O)/C=C/CC/C=C/CCCCCCCCCCCCCCCCCCC. The van der Waals surface area contributed by atoms with Crippen LogP contribution in [0.15, 0.2) is 36.5 Å². The molecule has 45 heavy (non-hydrogen) atoms. The van der Waals surface area contributed by atoms with Gasteiger partial charge in [0.1, 0.15) is 0 Å². The van der Waals surface area contributed by atoms with Gasteiger partial charge < -0.3 is 15.5 Å². The molecule has 3 N–H and O–H groups in total. The molecule has 4 heteroatoms. The average molecular weight is 632 g/mol. The van der Waals surface area contributed by atoms with Crippen molar-refractivity contribution in [3.05, 3.63) is 36.5 Å². The van der Waals surface area contributed by atoms with Gasteiger partial charge in [-0.05, 0) is 51.4 Å². The van der Waals surface area contributed by atoms with Gasteiger partial charge in [0.15, 0.2) is 0 Å². The van der Waals surface area contributed by atoms with Crippen molar-refractivity contribution in [2.75, 3.05) is 6.61 Å². The van der Waals surface area contributed by atoms with Crippen LogP contribution in [-0.2, 0) is 4.79 Å². The van der Waals surface area contributed by atoms with E-state index in [1.54, 1.807) is 6.08 Å². The zero-order chi connectivity index (χ0) is 32.9. The summed E-state index contributed by atoms with van der Waals surface area (Å²) in [5.74, 6) is -0.0868. The fraction of sp³-hybridized carbons (Fsp3) is 0.829. The predicted octanol–water partition coefficient (Wildman–Crippen LogP) is 11.8. The fourth-order valence-electron chi connectivity index (χ4n) is 5.78. The van der Waals surface area contributed by atoms with Crippen molar-refractivity contribution < 1.29 is 15.0 Å². The lowest BCUT2D eigenvalue weighted by Gasteiger charge is -2.19. The summed E-state index contributed by atoms with van der Waals surface area (Å²) in [6.45, 7) is 4.22. The normalized spacial score (nSPS) is 13.4. The highest BCUT2D eigenvalue weighted by Gasteiger charge is 2.17. The highest BCUT2D eigenvalue weighted by molar-refractivity contribution is 5.76. The molecule has 0 spiro atoms. The van der Waals surface area contributed by atoms with Crippen molar-refractivity contribution in [2.45, 2.75) is 212 Å². The van der Waals surface area contributed by atoms with E-state index >= 15 is 0 Å². The molecule has 2 atom stereocenters. The number of aliphatic hydroxyl groups is 2. The van der Waals surface area contributed by atoms with Gasteiger partial charge in [0.2, 0.25) is 5.91 Å². The van der Waals surface area contributed by atoms with Crippen molar-refractivity contribution in [3.63, 3.8) is 0 Å². The van der Waals surface area contributed by atoms with E-state index in [0.717, 1.165) is 44.9 Å². The van der Waals surface area contributed by atoms with Crippen LogP contribution in [0, 0.1) is 0 Å². The summed E-state index contributed by atoms with van der Waals surface area (Å²) in [5.41, 5.74) is 0. The van der Waals surface area contributed by atoms with Crippen LogP contribution in [0.5, 0.6) is 0 Å².